The van der Waals surface area contributed by atoms with E-state index in [1.165, 1.54) is 25.3 Å². The molecule has 0 fully saturated rings. The monoisotopic (exact) mass is 416 g/mol. The summed E-state index contributed by atoms with van der Waals surface area (Å²) in [6.45, 7) is 0. The van der Waals surface area contributed by atoms with Crippen molar-refractivity contribution in [2.45, 2.75) is 12.2 Å². The summed E-state index contributed by atoms with van der Waals surface area (Å²) in [4.78, 5) is 24.9. The quantitative estimate of drug-likeness (QED) is 0.264. The first-order valence-corrected chi connectivity index (χ1v) is 10.5. The molecular formula is C19H16N2O5S2. The molecule has 0 spiro atoms. The SMILES string of the molecule is COc1ccc([N+](=O)[O-])cc1OC(=O)c1c(-n2cccc2)sc2c1CCSC2. The maximum Gasteiger partial charge on any atom is 0.347 e. The lowest BCUT2D eigenvalue weighted by Gasteiger charge is -2.13. The van der Waals surface area contributed by atoms with Crippen LogP contribution in [-0.2, 0) is 12.2 Å². The molecule has 4 rings (SSSR count). The van der Waals surface area contributed by atoms with Gasteiger partial charge in [-0.15, -0.1) is 11.3 Å². The number of carbonyl (C=O) groups is 1. The fraction of sp³-hybridized carbons (Fsp3) is 0.211. The molecule has 1 aliphatic rings. The molecule has 0 atom stereocenters. The smallest absolute Gasteiger partial charge is 0.347 e. The number of hydrogen-bond donors (Lipinski definition) is 0. The molecule has 0 saturated carbocycles. The van der Waals surface area contributed by atoms with Gasteiger partial charge in [0.15, 0.2) is 11.5 Å². The van der Waals surface area contributed by atoms with E-state index >= 15 is 0 Å². The second-order valence-electron chi connectivity index (χ2n) is 6.06. The molecule has 7 nitrogen and oxygen atoms in total. The third-order valence-corrected chi connectivity index (χ3v) is 6.82. The molecule has 0 radical (unpaired) electrons. The molecule has 3 aromatic rings. The summed E-state index contributed by atoms with van der Waals surface area (Å²) in [6, 6.07) is 7.73. The van der Waals surface area contributed by atoms with E-state index in [-0.39, 0.29) is 17.2 Å². The highest BCUT2D eigenvalue weighted by Gasteiger charge is 2.28. The highest BCUT2D eigenvalue weighted by Crippen LogP contribution is 2.40. The molecule has 0 N–H and O–H groups in total. The number of thiophene rings is 1. The Hall–Kier alpha value is -2.78. The lowest BCUT2D eigenvalue weighted by Crippen LogP contribution is -2.15. The minimum absolute atomic E-state index is 0.0327. The van der Waals surface area contributed by atoms with Crippen molar-refractivity contribution >= 4 is 34.8 Å². The fourth-order valence-corrected chi connectivity index (χ4v) is 5.52. The lowest BCUT2D eigenvalue weighted by molar-refractivity contribution is -0.384. The molecule has 0 saturated heterocycles. The van der Waals surface area contributed by atoms with E-state index in [1.807, 2.05) is 40.9 Å². The number of esters is 1. The zero-order valence-corrected chi connectivity index (χ0v) is 16.5. The number of ether oxygens (including phenoxy) is 2. The average molecular weight is 416 g/mol. The van der Waals surface area contributed by atoms with Crippen LogP contribution < -0.4 is 9.47 Å². The maximum atomic E-state index is 13.2. The maximum absolute atomic E-state index is 13.2. The molecule has 0 aliphatic carbocycles. The van der Waals surface area contributed by atoms with Crippen molar-refractivity contribution in [1.29, 1.82) is 0 Å². The van der Waals surface area contributed by atoms with Gasteiger partial charge in [-0.25, -0.2) is 4.79 Å². The van der Waals surface area contributed by atoms with Crippen LogP contribution in [0.2, 0.25) is 0 Å². The van der Waals surface area contributed by atoms with Crippen LogP contribution in [0.1, 0.15) is 20.8 Å². The number of methoxy groups -OCH3 is 1. The average Bonchev–Trinajstić information content (AvgIpc) is 3.35. The van der Waals surface area contributed by atoms with E-state index in [9.17, 15) is 14.9 Å². The summed E-state index contributed by atoms with van der Waals surface area (Å²) in [5, 5.41) is 11.9. The first-order chi connectivity index (χ1) is 13.6. The predicted octanol–water partition coefficient (Wildman–Crippen LogP) is 4.46. The van der Waals surface area contributed by atoms with Crippen LogP contribution in [0, 0.1) is 10.1 Å². The number of rotatable bonds is 5. The van der Waals surface area contributed by atoms with Crippen LogP contribution in [0.15, 0.2) is 42.7 Å². The zero-order valence-electron chi connectivity index (χ0n) is 14.9. The van der Waals surface area contributed by atoms with Gasteiger partial charge in [-0.2, -0.15) is 11.8 Å². The van der Waals surface area contributed by atoms with Gasteiger partial charge in [-0.05, 0) is 35.9 Å². The number of benzene rings is 1. The Morgan fingerprint density at radius 3 is 2.75 bits per heavy atom. The molecule has 3 heterocycles. The van der Waals surface area contributed by atoms with Crippen LogP contribution in [0.5, 0.6) is 11.5 Å². The molecule has 144 valence electrons. The van der Waals surface area contributed by atoms with E-state index in [0.29, 0.717) is 5.56 Å². The van der Waals surface area contributed by atoms with Gasteiger partial charge in [0, 0.05) is 29.1 Å². The number of fused-ring (bicyclic) bond motifs is 1. The van der Waals surface area contributed by atoms with Gasteiger partial charge in [0.25, 0.3) is 5.69 Å². The van der Waals surface area contributed by atoms with E-state index in [0.717, 1.165) is 33.4 Å². The minimum atomic E-state index is -0.536. The zero-order chi connectivity index (χ0) is 19.7. The number of carbonyl (C=O) groups excluding carboxylic acids is 1. The Morgan fingerprint density at radius 2 is 2.04 bits per heavy atom. The standard InChI is InChI=1S/C19H16N2O5S2/c1-25-14-5-4-12(21(23)24)10-15(14)26-19(22)17-13-6-9-27-11-16(13)28-18(17)20-7-2-3-8-20/h2-5,7-8,10H,6,9,11H2,1H3. The topological polar surface area (TPSA) is 83.6 Å². The first kappa shape index (κ1) is 18.6. The van der Waals surface area contributed by atoms with E-state index in [1.54, 1.807) is 11.3 Å². The molecule has 9 heteroatoms. The fourth-order valence-electron chi connectivity index (χ4n) is 3.09. The van der Waals surface area contributed by atoms with E-state index in [2.05, 4.69) is 0 Å². The Kier molecular flexibility index (Phi) is 5.10. The molecule has 0 unspecified atom stereocenters. The first-order valence-electron chi connectivity index (χ1n) is 8.48. The Bertz CT molecular complexity index is 1040. The van der Waals surface area contributed by atoms with Gasteiger partial charge in [-0.3, -0.25) is 10.1 Å². The van der Waals surface area contributed by atoms with Crippen molar-refractivity contribution in [3.05, 3.63) is 68.8 Å². The molecule has 2 aromatic heterocycles. The Balaban J connectivity index is 1.76. The highest BCUT2D eigenvalue weighted by atomic mass is 32.2. The van der Waals surface area contributed by atoms with Crippen molar-refractivity contribution in [3.63, 3.8) is 0 Å². The summed E-state index contributed by atoms with van der Waals surface area (Å²) in [6.07, 6.45) is 4.55. The third-order valence-electron chi connectivity index (χ3n) is 4.41. The van der Waals surface area contributed by atoms with Crippen LogP contribution in [0.25, 0.3) is 5.00 Å². The minimum Gasteiger partial charge on any atom is -0.493 e. The third kappa shape index (κ3) is 3.38. The predicted molar refractivity (Wildman–Crippen MR) is 108 cm³/mol. The Morgan fingerprint density at radius 1 is 1.25 bits per heavy atom. The second-order valence-corrected chi connectivity index (χ2v) is 8.25. The lowest BCUT2D eigenvalue weighted by atomic mass is 10.1. The summed E-state index contributed by atoms with van der Waals surface area (Å²) < 4.78 is 12.7. The van der Waals surface area contributed by atoms with Crippen molar-refractivity contribution < 1.29 is 19.2 Å². The molecule has 0 amide bonds. The number of nitro groups is 1. The number of aromatic nitrogens is 1. The molecule has 1 aromatic carbocycles. The van der Waals surface area contributed by atoms with Crippen molar-refractivity contribution in [2.24, 2.45) is 0 Å². The number of nitrogens with zero attached hydrogens (tertiary/aromatic N) is 2. The summed E-state index contributed by atoms with van der Waals surface area (Å²) in [5.41, 5.74) is 1.35. The summed E-state index contributed by atoms with van der Waals surface area (Å²) in [5.74, 6) is 1.56. The van der Waals surface area contributed by atoms with Crippen LogP contribution in [0.4, 0.5) is 5.69 Å². The number of non-ortho nitro benzene ring substituents is 1. The second kappa shape index (κ2) is 7.69. The van der Waals surface area contributed by atoms with Crippen molar-refractivity contribution in [3.8, 4) is 16.5 Å². The summed E-state index contributed by atoms with van der Waals surface area (Å²) >= 11 is 3.42. The van der Waals surface area contributed by atoms with Gasteiger partial charge in [0.05, 0.1) is 23.7 Å². The van der Waals surface area contributed by atoms with Gasteiger partial charge in [-0.1, -0.05) is 0 Å². The molecular weight excluding hydrogens is 400 g/mol. The summed E-state index contributed by atoms with van der Waals surface area (Å²) in [7, 11) is 1.42. The van der Waals surface area contributed by atoms with Crippen LogP contribution in [-0.4, -0.2) is 28.3 Å². The van der Waals surface area contributed by atoms with Crippen LogP contribution >= 0.6 is 23.1 Å². The van der Waals surface area contributed by atoms with Crippen molar-refractivity contribution in [1.82, 2.24) is 4.57 Å². The van der Waals surface area contributed by atoms with Gasteiger partial charge >= 0.3 is 5.97 Å². The van der Waals surface area contributed by atoms with Crippen LogP contribution in [0.3, 0.4) is 0 Å². The number of thioether (sulfide) groups is 1. The van der Waals surface area contributed by atoms with Gasteiger partial charge in [0.1, 0.15) is 5.00 Å². The largest absolute Gasteiger partial charge is 0.493 e. The van der Waals surface area contributed by atoms with E-state index in [4.69, 9.17) is 9.47 Å². The van der Waals surface area contributed by atoms with Gasteiger partial charge in [0.2, 0.25) is 0 Å². The number of hydrogen-bond acceptors (Lipinski definition) is 7. The molecule has 1 aliphatic heterocycles. The Labute approximate surface area is 169 Å². The molecule has 28 heavy (non-hydrogen) atoms. The normalized spacial score (nSPS) is 13.0. The van der Waals surface area contributed by atoms with Crippen molar-refractivity contribution in [2.75, 3.05) is 12.9 Å². The number of nitro benzene ring substituents is 1. The highest BCUT2D eigenvalue weighted by molar-refractivity contribution is 7.98. The van der Waals surface area contributed by atoms with Gasteiger partial charge < -0.3 is 14.0 Å². The molecule has 0 bridgehead atoms. The van der Waals surface area contributed by atoms with E-state index < -0.39 is 10.9 Å².